The van der Waals surface area contributed by atoms with Crippen molar-refractivity contribution in [1.82, 2.24) is 4.90 Å². The zero-order chi connectivity index (χ0) is 16.1. The fraction of sp³-hybridized carbons (Fsp3) is 0.316. The number of aryl methyl sites for hydroxylation is 3. The first-order valence-corrected chi connectivity index (χ1v) is 8.44. The van der Waals surface area contributed by atoms with Gasteiger partial charge in [-0.1, -0.05) is 42.0 Å². The SMILES string of the molecule is Cc1ccc(SCC(=O)N(C)Cc2ccccc2C)c(C)c1. The summed E-state index contributed by atoms with van der Waals surface area (Å²) in [6.45, 7) is 6.93. The van der Waals surface area contributed by atoms with E-state index in [0.29, 0.717) is 12.3 Å². The van der Waals surface area contributed by atoms with Crippen molar-refractivity contribution in [2.24, 2.45) is 0 Å². The zero-order valence-corrected chi connectivity index (χ0v) is 14.5. The van der Waals surface area contributed by atoms with Gasteiger partial charge in [-0.15, -0.1) is 11.8 Å². The van der Waals surface area contributed by atoms with Crippen molar-refractivity contribution in [2.45, 2.75) is 32.2 Å². The number of hydrogen-bond donors (Lipinski definition) is 0. The maximum absolute atomic E-state index is 12.3. The van der Waals surface area contributed by atoms with Gasteiger partial charge in [0.25, 0.3) is 0 Å². The molecule has 2 rings (SSSR count). The highest BCUT2D eigenvalue weighted by atomic mass is 32.2. The van der Waals surface area contributed by atoms with Crippen LogP contribution in [0.2, 0.25) is 0 Å². The van der Waals surface area contributed by atoms with E-state index in [9.17, 15) is 4.79 Å². The van der Waals surface area contributed by atoms with Gasteiger partial charge in [0.15, 0.2) is 0 Å². The Balaban J connectivity index is 1.93. The molecule has 0 spiro atoms. The molecule has 0 fully saturated rings. The standard InChI is InChI=1S/C19H23NOS/c1-14-9-10-18(16(3)11-14)22-13-19(21)20(4)12-17-8-6-5-7-15(17)2/h5-11H,12-13H2,1-4H3. The predicted octanol–water partition coefficient (Wildman–Crippen LogP) is 4.36. The first-order valence-electron chi connectivity index (χ1n) is 7.46. The van der Waals surface area contributed by atoms with Crippen molar-refractivity contribution >= 4 is 17.7 Å². The van der Waals surface area contributed by atoms with E-state index in [-0.39, 0.29) is 5.91 Å². The molecule has 0 atom stereocenters. The third-order valence-electron chi connectivity index (χ3n) is 3.78. The summed E-state index contributed by atoms with van der Waals surface area (Å²) < 4.78 is 0. The average molecular weight is 313 g/mol. The van der Waals surface area contributed by atoms with Gasteiger partial charge in [0.2, 0.25) is 5.91 Å². The first-order chi connectivity index (χ1) is 10.5. The lowest BCUT2D eigenvalue weighted by Gasteiger charge is -2.18. The maximum atomic E-state index is 12.3. The van der Waals surface area contributed by atoms with E-state index in [1.165, 1.54) is 27.1 Å². The van der Waals surface area contributed by atoms with Gasteiger partial charge < -0.3 is 4.90 Å². The van der Waals surface area contributed by atoms with E-state index < -0.39 is 0 Å². The van der Waals surface area contributed by atoms with E-state index in [4.69, 9.17) is 0 Å². The van der Waals surface area contributed by atoms with E-state index in [1.807, 2.05) is 19.2 Å². The van der Waals surface area contributed by atoms with Crippen LogP contribution >= 0.6 is 11.8 Å². The summed E-state index contributed by atoms with van der Waals surface area (Å²) in [5.74, 6) is 0.639. The molecule has 2 aromatic rings. The molecule has 22 heavy (non-hydrogen) atoms. The number of rotatable bonds is 5. The molecule has 3 heteroatoms. The Kier molecular flexibility index (Phi) is 5.67. The summed E-state index contributed by atoms with van der Waals surface area (Å²) in [6, 6.07) is 14.6. The molecule has 0 unspecified atom stereocenters. The third kappa shape index (κ3) is 4.38. The lowest BCUT2D eigenvalue weighted by molar-refractivity contribution is -0.127. The first kappa shape index (κ1) is 16.6. The summed E-state index contributed by atoms with van der Waals surface area (Å²) in [7, 11) is 1.87. The second-order valence-corrected chi connectivity index (χ2v) is 6.75. The molecule has 0 aliphatic carbocycles. The van der Waals surface area contributed by atoms with Crippen LogP contribution in [0.15, 0.2) is 47.4 Å². The van der Waals surface area contributed by atoms with Crippen LogP contribution in [0.5, 0.6) is 0 Å². The van der Waals surface area contributed by atoms with Crippen molar-refractivity contribution in [1.29, 1.82) is 0 Å². The summed E-state index contributed by atoms with van der Waals surface area (Å²) >= 11 is 1.62. The molecule has 116 valence electrons. The highest BCUT2D eigenvalue weighted by molar-refractivity contribution is 8.00. The maximum Gasteiger partial charge on any atom is 0.232 e. The molecule has 0 N–H and O–H groups in total. The number of nitrogens with zero attached hydrogens (tertiary/aromatic N) is 1. The molecule has 0 heterocycles. The lowest BCUT2D eigenvalue weighted by Crippen LogP contribution is -2.28. The fourth-order valence-corrected chi connectivity index (χ4v) is 3.29. The molecule has 0 saturated carbocycles. The molecule has 0 aliphatic heterocycles. The number of carbonyl (C=O) groups is 1. The Bertz CT molecular complexity index is 666. The quantitative estimate of drug-likeness (QED) is 0.764. The van der Waals surface area contributed by atoms with Crippen LogP contribution < -0.4 is 0 Å². The van der Waals surface area contributed by atoms with Crippen LogP contribution in [0.1, 0.15) is 22.3 Å². The summed E-state index contributed by atoms with van der Waals surface area (Å²) in [6.07, 6.45) is 0. The van der Waals surface area contributed by atoms with Gasteiger partial charge in [-0.25, -0.2) is 0 Å². The van der Waals surface area contributed by atoms with Gasteiger partial charge in [0.1, 0.15) is 0 Å². The molecule has 0 saturated heterocycles. The van der Waals surface area contributed by atoms with Crippen molar-refractivity contribution in [2.75, 3.05) is 12.8 Å². The minimum Gasteiger partial charge on any atom is -0.341 e. The van der Waals surface area contributed by atoms with Crippen LogP contribution in [0.25, 0.3) is 0 Å². The Morgan fingerprint density at radius 3 is 2.45 bits per heavy atom. The number of thioether (sulfide) groups is 1. The summed E-state index contributed by atoms with van der Waals surface area (Å²) in [4.78, 5) is 15.3. The van der Waals surface area contributed by atoms with Crippen LogP contribution in [-0.2, 0) is 11.3 Å². The second-order valence-electron chi connectivity index (χ2n) is 5.73. The van der Waals surface area contributed by atoms with Gasteiger partial charge in [0.05, 0.1) is 5.75 Å². The van der Waals surface area contributed by atoms with Gasteiger partial charge in [-0.2, -0.15) is 0 Å². The van der Waals surface area contributed by atoms with Crippen molar-refractivity contribution in [3.63, 3.8) is 0 Å². The Morgan fingerprint density at radius 2 is 1.77 bits per heavy atom. The fourth-order valence-electron chi connectivity index (χ4n) is 2.34. The van der Waals surface area contributed by atoms with Crippen molar-refractivity contribution in [3.8, 4) is 0 Å². The molecule has 0 aromatic heterocycles. The Hall–Kier alpha value is -1.74. The minimum absolute atomic E-state index is 0.160. The number of amides is 1. The van der Waals surface area contributed by atoms with Crippen LogP contribution in [0, 0.1) is 20.8 Å². The molecule has 0 radical (unpaired) electrons. The number of benzene rings is 2. The van der Waals surface area contributed by atoms with E-state index in [2.05, 4.69) is 51.1 Å². The van der Waals surface area contributed by atoms with Crippen LogP contribution in [0.4, 0.5) is 0 Å². The molecule has 0 aliphatic rings. The summed E-state index contributed by atoms with van der Waals surface area (Å²) in [5, 5.41) is 0. The molecule has 0 bridgehead atoms. The van der Waals surface area contributed by atoms with Crippen LogP contribution in [0.3, 0.4) is 0 Å². The zero-order valence-electron chi connectivity index (χ0n) is 13.7. The van der Waals surface area contributed by atoms with Crippen molar-refractivity contribution < 1.29 is 4.79 Å². The van der Waals surface area contributed by atoms with E-state index in [1.54, 1.807) is 16.7 Å². The Labute approximate surface area is 137 Å². The lowest BCUT2D eigenvalue weighted by atomic mass is 10.1. The van der Waals surface area contributed by atoms with E-state index in [0.717, 1.165) is 0 Å². The average Bonchev–Trinajstić information content (AvgIpc) is 2.48. The molecular weight excluding hydrogens is 290 g/mol. The summed E-state index contributed by atoms with van der Waals surface area (Å²) in [5.41, 5.74) is 4.92. The predicted molar refractivity (Wildman–Crippen MR) is 94.3 cm³/mol. The second kappa shape index (κ2) is 7.50. The normalized spacial score (nSPS) is 10.5. The van der Waals surface area contributed by atoms with Gasteiger partial charge in [-0.3, -0.25) is 4.79 Å². The molecular formula is C19H23NOS. The number of carbonyl (C=O) groups excluding carboxylic acids is 1. The third-order valence-corrected chi connectivity index (χ3v) is 4.94. The van der Waals surface area contributed by atoms with Crippen molar-refractivity contribution in [3.05, 3.63) is 64.7 Å². The largest absolute Gasteiger partial charge is 0.341 e. The highest BCUT2D eigenvalue weighted by Gasteiger charge is 2.11. The minimum atomic E-state index is 0.160. The Morgan fingerprint density at radius 1 is 1.05 bits per heavy atom. The molecule has 1 amide bonds. The van der Waals surface area contributed by atoms with E-state index >= 15 is 0 Å². The number of hydrogen-bond acceptors (Lipinski definition) is 2. The van der Waals surface area contributed by atoms with Gasteiger partial charge >= 0.3 is 0 Å². The topological polar surface area (TPSA) is 20.3 Å². The van der Waals surface area contributed by atoms with Gasteiger partial charge in [-0.05, 0) is 43.5 Å². The van der Waals surface area contributed by atoms with Gasteiger partial charge in [0, 0.05) is 18.5 Å². The molecule has 2 aromatic carbocycles. The molecule has 2 nitrogen and oxygen atoms in total. The monoisotopic (exact) mass is 313 g/mol. The van der Waals surface area contributed by atoms with Crippen LogP contribution in [-0.4, -0.2) is 23.6 Å². The highest BCUT2D eigenvalue weighted by Crippen LogP contribution is 2.23. The smallest absolute Gasteiger partial charge is 0.232 e.